The minimum absolute atomic E-state index is 0.0784. The zero-order chi connectivity index (χ0) is 24.8. The van der Waals surface area contributed by atoms with Gasteiger partial charge in [-0.3, -0.25) is 0 Å². The Hall–Kier alpha value is -2.75. The molecule has 2 aliphatic heterocycles. The van der Waals surface area contributed by atoms with Crippen LogP contribution in [0.5, 0.6) is 0 Å². The predicted molar refractivity (Wildman–Crippen MR) is 118 cm³/mol. The van der Waals surface area contributed by atoms with Gasteiger partial charge in [-0.1, -0.05) is 30.4 Å². The zero-order valence-electron chi connectivity index (χ0n) is 19.5. The molecular weight excluding hydrogens is 444 g/mol. The molecule has 2 saturated heterocycles. The van der Waals surface area contributed by atoms with Gasteiger partial charge in [0.05, 0.1) is 36.4 Å². The Bertz CT molecular complexity index is 1000. The highest BCUT2D eigenvalue weighted by atomic mass is 16.6. The maximum absolute atomic E-state index is 13.1. The van der Waals surface area contributed by atoms with Crippen LogP contribution in [0.15, 0.2) is 47.1 Å². The summed E-state index contributed by atoms with van der Waals surface area (Å²) in [6.07, 6.45) is 2.80. The highest BCUT2D eigenvalue weighted by Gasteiger charge is 2.67. The molecule has 184 valence electrons. The molecule has 7 atom stereocenters. The number of carbonyl (C=O) groups is 3. The first kappa shape index (κ1) is 24.4. The molecule has 2 N–H and O–H groups in total. The number of hydrogen-bond acceptors (Lipinski definition) is 9. The lowest BCUT2D eigenvalue weighted by Crippen LogP contribution is -2.39. The number of rotatable bonds is 6. The molecule has 0 aromatic heterocycles. The van der Waals surface area contributed by atoms with Crippen LogP contribution in [0.2, 0.25) is 0 Å². The Balaban J connectivity index is 1.55. The number of aliphatic hydroxyl groups is 2. The van der Waals surface area contributed by atoms with Gasteiger partial charge in [0.1, 0.15) is 24.4 Å². The second-order valence-corrected chi connectivity index (χ2v) is 9.24. The van der Waals surface area contributed by atoms with Gasteiger partial charge >= 0.3 is 17.9 Å². The summed E-state index contributed by atoms with van der Waals surface area (Å²) in [7, 11) is 0. The maximum atomic E-state index is 13.1. The van der Waals surface area contributed by atoms with Crippen LogP contribution in [-0.4, -0.2) is 71.9 Å². The van der Waals surface area contributed by atoms with Gasteiger partial charge in [-0.2, -0.15) is 0 Å². The first-order valence-electron chi connectivity index (χ1n) is 11.4. The molecule has 0 radical (unpaired) electrons. The second-order valence-electron chi connectivity index (χ2n) is 9.24. The number of hydrogen-bond donors (Lipinski definition) is 2. The minimum Gasteiger partial charge on any atom is -0.458 e. The van der Waals surface area contributed by atoms with Crippen LogP contribution in [0.4, 0.5) is 0 Å². The summed E-state index contributed by atoms with van der Waals surface area (Å²) in [5.41, 5.74) is 0.629. The van der Waals surface area contributed by atoms with Gasteiger partial charge < -0.3 is 29.2 Å². The molecule has 4 aliphatic rings. The van der Waals surface area contributed by atoms with Gasteiger partial charge in [0.2, 0.25) is 0 Å². The molecule has 1 spiro atoms. The van der Waals surface area contributed by atoms with Crippen molar-refractivity contribution in [2.75, 3.05) is 19.8 Å². The van der Waals surface area contributed by atoms with Crippen molar-refractivity contribution in [3.05, 3.63) is 47.1 Å². The normalized spacial score (nSPS) is 36.9. The van der Waals surface area contributed by atoms with E-state index in [1.807, 2.05) is 6.92 Å². The lowest BCUT2D eigenvalue weighted by molar-refractivity contribution is -0.150. The van der Waals surface area contributed by atoms with E-state index in [0.29, 0.717) is 6.61 Å². The number of allylic oxidation sites excluding steroid dienone is 2. The molecule has 4 rings (SSSR count). The first-order chi connectivity index (χ1) is 16.2. The van der Waals surface area contributed by atoms with Crippen molar-refractivity contribution in [3.63, 3.8) is 0 Å². The van der Waals surface area contributed by atoms with Crippen LogP contribution in [0, 0.1) is 17.8 Å². The lowest BCUT2D eigenvalue weighted by atomic mass is 9.77. The molecule has 1 saturated carbocycles. The van der Waals surface area contributed by atoms with Gasteiger partial charge in [0.15, 0.2) is 0 Å². The Kier molecular flexibility index (Phi) is 6.54. The van der Waals surface area contributed by atoms with E-state index in [2.05, 4.69) is 6.58 Å². The predicted octanol–water partition coefficient (Wildman–Crippen LogP) is 1.15. The molecule has 0 aromatic carbocycles. The van der Waals surface area contributed by atoms with E-state index in [4.69, 9.17) is 18.9 Å². The van der Waals surface area contributed by atoms with Crippen molar-refractivity contribution in [2.45, 2.75) is 51.1 Å². The molecule has 0 aromatic rings. The fourth-order valence-corrected chi connectivity index (χ4v) is 5.53. The maximum Gasteiger partial charge on any atom is 0.337 e. The molecule has 0 amide bonds. The van der Waals surface area contributed by atoms with Gasteiger partial charge in [-0.15, -0.1) is 0 Å². The smallest absolute Gasteiger partial charge is 0.337 e. The molecule has 7 unspecified atom stereocenters. The summed E-state index contributed by atoms with van der Waals surface area (Å²) in [5.74, 6) is -3.15. The number of carbonyl (C=O) groups excluding carboxylic acids is 3. The molecule has 9 nitrogen and oxygen atoms in total. The summed E-state index contributed by atoms with van der Waals surface area (Å²) in [5, 5.41) is 20.0. The fourth-order valence-electron chi connectivity index (χ4n) is 5.53. The summed E-state index contributed by atoms with van der Waals surface area (Å²) < 4.78 is 22.5. The number of epoxide rings is 1. The third kappa shape index (κ3) is 4.01. The number of fused-ring (bicyclic) bond motifs is 4. The van der Waals surface area contributed by atoms with Crippen molar-refractivity contribution in [2.24, 2.45) is 17.8 Å². The highest BCUT2D eigenvalue weighted by molar-refractivity contribution is 5.93. The van der Waals surface area contributed by atoms with Crippen LogP contribution < -0.4 is 0 Å². The Labute approximate surface area is 197 Å². The van der Waals surface area contributed by atoms with Crippen molar-refractivity contribution in [3.8, 4) is 0 Å². The number of ether oxygens (including phenoxy) is 4. The average Bonchev–Trinajstić information content (AvgIpc) is 3.43. The van der Waals surface area contributed by atoms with Crippen LogP contribution in [-0.2, 0) is 33.3 Å². The van der Waals surface area contributed by atoms with E-state index in [1.54, 1.807) is 19.9 Å². The summed E-state index contributed by atoms with van der Waals surface area (Å²) in [6.45, 7) is 8.60. The van der Waals surface area contributed by atoms with E-state index in [-0.39, 0.29) is 41.6 Å². The lowest BCUT2D eigenvalue weighted by Gasteiger charge is -2.30. The highest BCUT2D eigenvalue weighted by Crippen LogP contribution is 2.58. The van der Waals surface area contributed by atoms with E-state index in [0.717, 1.165) is 5.57 Å². The van der Waals surface area contributed by atoms with Crippen molar-refractivity contribution in [1.82, 2.24) is 0 Å². The number of aliphatic hydroxyl groups excluding tert-OH is 2. The Morgan fingerprint density at radius 2 is 1.91 bits per heavy atom. The van der Waals surface area contributed by atoms with Crippen LogP contribution in [0.3, 0.4) is 0 Å². The SMILES string of the molecule is C=C1C(=O)OC2C1C(OC(=O)C(=CC)COC(=O)C(=CC)CO)CC1(CO1)C1C(O)C=C(C)C21. The summed E-state index contributed by atoms with van der Waals surface area (Å²) in [6, 6.07) is 0. The third-order valence-electron chi connectivity index (χ3n) is 7.41. The Morgan fingerprint density at radius 3 is 2.50 bits per heavy atom. The van der Waals surface area contributed by atoms with Crippen molar-refractivity contribution >= 4 is 17.9 Å². The van der Waals surface area contributed by atoms with E-state index in [9.17, 15) is 24.6 Å². The van der Waals surface area contributed by atoms with Crippen molar-refractivity contribution in [1.29, 1.82) is 0 Å². The zero-order valence-corrected chi connectivity index (χ0v) is 19.5. The van der Waals surface area contributed by atoms with Gasteiger partial charge in [0.25, 0.3) is 0 Å². The topological polar surface area (TPSA) is 132 Å². The van der Waals surface area contributed by atoms with Crippen LogP contribution in [0.25, 0.3) is 0 Å². The van der Waals surface area contributed by atoms with E-state index >= 15 is 0 Å². The Morgan fingerprint density at radius 1 is 1.24 bits per heavy atom. The monoisotopic (exact) mass is 474 g/mol. The van der Waals surface area contributed by atoms with Gasteiger partial charge in [0, 0.05) is 23.8 Å². The fraction of sp³-hybridized carbons (Fsp3) is 0.560. The molecule has 2 aliphatic carbocycles. The largest absolute Gasteiger partial charge is 0.458 e. The summed E-state index contributed by atoms with van der Waals surface area (Å²) >= 11 is 0. The van der Waals surface area contributed by atoms with Crippen molar-refractivity contribution < 1.29 is 43.5 Å². The van der Waals surface area contributed by atoms with E-state index < -0.39 is 54.3 Å². The molecule has 0 bridgehead atoms. The second kappa shape index (κ2) is 9.13. The standard InChI is InChI=1S/C25H30O9/c1-5-14(9-26)23(29)31-10-15(6-2)24(30)33-17-8-25(11-32-25)20-16(27)7-12(3)18(20)21-19(17)13(4)22(28)34-21/h5-7,16-21,26-27H,4,8-11H2,1-3H3. The van der Waals surface area contributed by atoms with Crippen LogP contribution >= 0.6 is 0 Å². The average molecular weight is 475 g/mol. The molecule has 9 heteroatoms. The molecular formula is C25H30O9. The minimum atomic E-state index is -0.779. The third-order valence-corrected chi connectivity index (χ3v) is 7.41. The van der Waals surface area contributed by atoms with Crippen LogP contribution in [0.1, 0.15) is 27.2 Å². The van der Waals surface area contributed by atoms with Gasteiger partial charge in [-0.25, -0.2) is 14.4 Å². The molecule has 2 heterocycles. The first-order valence-corrected chi connectivity index (χ1v) is 11.4. The number of esters is 3. The van der Waals surface area contributed by atoms with Gasteiger partial charge in [-0.05, 0) is 20.8 Å². The molecule has 3 fully saturated rings. The molecule has 34 heavy (non-hydrogen) atoms. The van der Waals surface area contributed by atoms with E-state index in [1.165, 1.54) is 12.2 Å². The summed E-state index contributed by atoms with van der Waals surface area (Å²) in [4.78, 5) is 37.6. The quantitative estimate of drug-likeness (QED) is 0.191.